The zero-order chi connectivity index (χ0) is 18.5. The zero-order valence-electron chi connectivity index (χ0n) is 14.6. The first-order valence-corrected chi connectivity index (χ1v) is 8.19. The van der Waals surface area contributed by atoms with Crippen LogP contribution in [0.1, 0.15) is 13.8 Å². The average Bonchev–Trinajstić information content (AvgIpc) is 2.62. The van der Waals surface area contributed by atoms with Crippen molar-refractivity contribution < 1.29 is 19.1 Å². The Morgan fingerprint density at radius 2 is 1.27 bits per heavy atom. The van der Waals surface area contributed by atoms with Crippen LogP contribution in [0.15, 0.2) is 72.8 Å². The highest BCUT2D eigenvalue weighted by molar-refractivity contribution is 5.81. The summed E-state index contributed by atoms with van der Waals surface area (Å²) in [4.78, 5) is 22.4. The monoisotopic (exact) mass is 346 g/mol. The molecule has 0 heterocycles. The van der Waals surface area contributed by atoms with Gasteiger partial charge in [-0.2, -0.15) is 0 Å². The van der Waals surface area contributed by atoms with Gasteiger partial charge in [0.1, 0.15) is 11.5 Å². The maximum atomic E-state index is 11.4. The first kappa shape index (κ1) is 17.4. The van der Waals surface area contributed by atoms with Gasteiger partial charge in [-0.15, -0.1) is 0 Å². The molecule has 0 unspecified atom stereocenters. The summed E-state index contributed by atoms with van der Waals surface area (Å²) in [6, 6.07) is 22.7. The Bertz CT molecular complexity index is 928. The molecule has 0 fully saturated rings. The van der Waals surface area contributed by atoms with E-state index in [9.17, 15) is 9.59 Å². The molecule has 0 saturated heterocycles. The minimum Gasteiger partial charge on any atom is -0.427 e. The lowest BCUT2D eigenvalue weighted by molar-refractivity contribution is -0.132. The second-order valence-electron chi connectivity index (χ2n) is 5.79. The highest BCUT2D eigenvalue weighted by Crippen LogP contribution is 2.35. The molecule has 3 aromatic carbocycles. The van der Waals surface area contributed by atoms with Gasteiger partial charge >= 0.3 is 11.9 Å². The summed E-state index contributed by atoms with van der Waals surface area (Å²) in [7, 11) is 0. The number of esters is 2. The van der Waals surface area contributed by atoms with Gasteiger partial charge < -0.3 is 9.47 Å². The fraction of sp³-hybridized carbons (Fsp3) is 0.0909. The number of carbonyl (C=O) groups excluding carboxylic acids is 2. The third-order valence-electron chi connectivity index (χ3n) is 3.77. The Morgan fingerprint density at radius 1 is 0.654 bits per heavy atom. The molecule has 0 atom stereocenters. The molecule has 3 aromatic rings. The number of ether oxygens (including phenoxy) is 2. The molecule has 0 N–H and O–H groups in total. The van der Waals surface area contributed by atoms with Gasteiger partial charge in [0.15, 0.2) is 0 Å². The lowest BCUT2D eigenvalue weighted by atomic mass is 9.98. The van der Waals surface area contributed by atoms with E-state index in [1.807, 2.05) is 54.6 Å². The Hall–Kier alpha value is -3.40. The van der Waals surface area contributed by atoms with E-state index in [-0.39, 0.29) is 11.9 Å². The third kappa shape index (κ3) is 4.16. The van der Waals surface area contributed by atoms with E-state index in [1.54, 1.807) is 18.2 Å². The van der Waals surface area contributed by atoms with Crippen LogP contribution in [0.2, 0.25) is 0 Å². The highest BCUT2D eigenvalue weighted by atomic mass is 16.5. The molecule has 0 aliphatic rings. The van der Waals surface area contributed by atoms with Crippen LogP contribution in [-0.2, 0) is 9.59 Å². The molecule has 0 aliphatic heterocycles. The van der Waals surface area contributed by atoms with Crippen molar-refractivity contribution in [1.82, 2.24) is 0 Å². The van der Waals surface area contributed by atoms with E-state index in [1.165, 1.54) is 13.8 Å². The smallest absolute Gasteiger partial charge is 0.308 e. The van der Waals surface area contributed by atoms with Gasteiger partial charge in [0.2, 0.25) is 0 Å². The van der Waals surface area contributed by atoms with E-state index < -0.39 is 0 Å². The number of carbonyl (C=O) groups is 2. The lowest BCUT2D eigenvalue weighted by Gasteiger charge is -2.12. The van der Waals surface area contributed by atoms with Crippen LogP contribution in [0.25, 0.3) is 22.3 Å². The first-order chi connectivity index (χ1) is 12.5. The number of rotatable bonds is 4. The summed E-state index contributed by atoms with van der Waals surface area (Å²) in [5.74, 6) is 0.306. The normalized spacial score (nSPS) is 10.2. The second-order valence-corrected chi connectivity index (χ2v) is 5.79. The van der Waals surface area contributed by atoms with Crippen LogP contribution in [0.5, 0.6) is 11.5 Å². The second kappa shape index (κ2) is 7.66. The van der Waals surface area contributed by atoms with Crippen molar-refractivity contribution in [2.75, 3.05) is 0 Å². The van der Waals surface area contributed by atoms with Crippen molar-refractivity contribution in [2.45, 2.75) is 13.8 Å². The van der Waals surface area contributed by atoms with E-state index in [0.717, 1.165) is 22.3 Å². The predicted octanol–water partition coefficient (Wildman–Crippen LogP) is 4.87. The van der Waals surface area contributed by atoms with Crippen molar-refractivity contribution in [2.24, 2.45) is 0 Å². The number of hydrogen-bond donors (Lipinski definition) is 0. The molecule has 0 amide bonds. The molecule has 0 bridgehead atoms. The van der Waals surface area contributed by atoms with Crippen LogP contribution in [0, 0.1) is 0 Å². The topological polar surface area (TPSA) is 52.6 Å². The molecule has 0 radical (unpaired) electrons. The van der Waals surface area contributed by atoms with Gasteiger partial charge in [-0.25, -0.2) is 0 Å². The summed E-state index contributed by atoms with van der Waals surface area (Å²) < 4.78 is 10.4. The first-order valence-electron chi connectivity index (χ1n) is 8.19. The van der Waals surface area contributed by atoms with E-state index in [4.69, 9.17) is 9.47 Å². The third-order valence-corrected chi connectivity index (χ3v) is 3.77. The maximum Gasteiger partial charge on any atom is 0.308 e. The standard InChI is InChI=1S/C22H18O4/c1-15(23)25-20-11-8-17(9-12-20)19-10-13-22(26-16(2)24)21(14-19)18-6-4-3-5-7-18/h3-14H,1-2H3. The SMILES string of the molecule is CC(=O)Oc1ccc(-c2ccc(OC(C)=O)c(-c3ccccc3)c2)cc1. The summed E-state index contributed by atoms with van der Waals surface area (Å²) in [5.41, 5.74) is 3.73. The molecular formula is C22H18O4. The zero-order valence-corrected chi connectivity index (χ0v) is 14.6. The quantitative estimate of drug-likeness (QED) is 0.499. The van der Waals surface area contributed by atoms with Gasteiger partial charge in [-0.3, -0.25) is 9.59 Å². The maximum absolute atomic E-state index is 11.4. The Kier molecular flexibility index (Phi) is 5.13. The Labute approximate surface area is 152 Å². The molecular weight excluding hydrogens is 328 g/mol. The van der Waals surface area contributed by atoms with Gasteiger partial charge in [-0.1, -0.05) is 48.5 Å². The van der Waals surface area contributed by atoms with Crippen molar-refractivity contribution in [1.29, 1.82) is 0 Å². The van der Waals surface area contributed by atoms with E-state index in [0.29, 0.717) is 11.5 Å². The number of benzene rings is 3. The van der Waals surface area contributed by atoms with Crippen LogP contribution in [0.4, 0.5) is 0 Å². The molecule has 0 saturated carbocycles. The van der Waals surface area contributed by atoms with Gasteiger partial charge in [0, 0.05) is 19.4 Å². The summed E-state index contributed by atoms with van der Waals surface area (Å²) >= 11 is 0. The van der Waals surface area contributed by atoms with Gasteiger partial charge in [0.25, 0.3) is 0 Å². The Balaban J connectivity index is 2.01. The summed E-state index contributed by atoms with van der Waals surface area (Å²) in [6.07, 6.45) is 0. The molecule has 130 valence electrons. The predicted molar refractivity (Wildman–Crippen MR) is 99.9 cm³/mol. The largest absolute Gasteiger partial charge is 0.427 e. The molecule has 0 aliphatic carbocycles. The highest BCUT2D eigenvalue weighted by Gasteiger charge is 2.11. The fourth-order valence-corrected chi connectivity index (χ4v) is 2.68. The van der Waals surface area contributed by atoms with Gasteiger partial charge in [-0.05, 0) is 41.0 Å². The molecule has 0 spiro atoms. The molecule has 3 rings (SSSR count). The summed E-state index contributed by atoms with van der Waals surface area (Å²) in [6.45, 7) is 2.75. The minimum atomic E-state index is -0.360. The molecule has 26 heavy (non-hydrogen) atoms. The summed E-state index contributed by atoms with van der Waals surface area (Å²) in [5, 5.41) is 0. The molecule has 4 nitrogen and oxygen atoms in total. The van der Waals surface area contributed by atoms with Crippen molar-refractivity contribution in [3.63, 3.8) is 0 Å². The Morgan fingerprint density at radius 3 is 1.88 bits per heavy atom. The fourth-order valence-electron chi connectivity index (χ4n) is 2.68. The average molecular weight is 346 g/mol. The van der Waals surface area contributed by atoms with Crippen LogP contribution in [-0.4, -0.2) is 11.9 Å². The van der Waals surface area contributed by atoms with Crippen LogP contribution >= 0.6 is 0 Å². The molecule has 0 aromatic heterocycles. The van der Waals surface area contributed by atoms with E-state index in [2.05, 4.69) is 0 Å². The van der Waals surface area contributed by atoms with Crippen molar-refractivity contribution >= 4 is 11.9 Å². The lowest BCUT2D eigenvalue weighted by Crippen LogP contribution is -2.03. The number of hydrogen-bond acceptors (Lipinski definition) is 4. The van der Waals surface area contributed by atoms with Crippen molar-refractivity contribution in [3.8, 4) is 33.8 Å². The van der Waals surface area contributed by atoms with Crippen molar-refractivity contribution in [3.05, 3.63) is 72.8 Å². The minimum absolute atomic E-state index is 0.352. The van der Waals surface area contributed by atoms with Gasteiger partial charge in [0.05, 0.1) is 0 Å². The van der Waals surface area contributed by atoms with Crippen LogP contribution < -0.4 is 9.47 Å². The molecule has 4 heteroatoms. The van der Waals surface area contributed by atoms with Crippen LogP contribution in [0.3, 0.4) is 0 Å². The van der Waals surface area contributed by atoms with E-state index >= 15 is 0 Å².